The fourth-order valence-electron chi connectivity index (χ4n) is 6.90. The molecule has 0 N–H and O–H groups in total. The van der Waals surface area contributed by atoms with Gasteiger partial charge in [-0.3, -0.25) is 8.78 Å². The van der Waals surface area contributed by atoms with Crippen LogP contribution in [0.4, 0.5) is 65.9 Å². The fourth-order valence-corrected chi connectivity index (χ4v) is 12.8. The Morgan fingerprint density at radius 3 is 1.37 bits per heavy atom. The lowest BCUT2D eigenvalue weighted by atomic mass is 9.54. The summed E-state index contributed by atoms with van der Waals surface area (Å²) in [6.07, 6.45) is -26.5. The minimum Gasteiger partial charge on any atom is -0.280 e. The number of hydrogen-bond acceptors (Lipinski definition) is 4. The highest BCUT2D eigenvalue weighted by molar-refractivity contribution is 8.13. The van der Waals surface area contributed by atoms with Gasteiger partial charge in [0, 0.05) is 6.42 Å². The first-order valence-corrected chi connectivity index (χ1v) is 15.0. The second kappa shape index (κ2) is 9.48. The molecule has 0 amide bonds. The second-order valence-electron chi connectivity index (χ2n) is 11.2. The molecule has 43 heavy (non-hydrogen) atoms. The van der Waals surface area contributed by atoms with Crippen molar-refractivity contribution in [3.05, 3.63) is 39.2 Å². The Hall–Kier alpha value is -2.06. The minimum atomic E-state index is -7.63. The number of halogens is 15. The highest BCUT2D eigenvalue weighted by atomic mass is 32.3. The van der Waals surface area contributed by atoms with Gasteiger partial charge in [-0.05, 0) is 43.9 Å². The number of benzene rings is 1. The van der Waals surface area contributed by atoms with Gasteiger partial charge in [0.25, 0.3) is 5.41 Å². The molecule has 0 aromatic heterocycles. The van der Waals surface area contributed by atoms with Gasteiger partial charge in [-0.1, -0.05) is 5.56 Å². The van der Waals surface area contributed by atoms with E-state index in [9.17, 15) is 78.3 Å². The molecule has 0 saturated heterocycles. The summed E-state index contributed by atoms with van der Waals surface area (Å²) in [5.41, 5.74) is -12.9. The van der Waals surface area contributed by atoms with E-state index in [1.54, 1.807) is 0 Å². The average Bonchev–Trinajstić information content (AvgIpc) is 2.78. The lowest BCUT2D eigenvalue weighted by Gasteiger charge is -2.59. The number of rotatable bonds is 6. The molecular formula is C22H16F15O4S2-. The molecule has 4 aliphatic rings. The van der Waals surface area contributed by atoms with Crippen LogP contribution >= 0.6 is 0 Å². The molecule has 5 rings (SSSR count). The molecule has 21 heteroatoms. The van der Waals surface area contributed by atoms with E-state index in [-0.39, 0.29) is 19.3 Å². The van der Waals surface area contributed by atoms with Crippen molar-refractivity contribution in [1.82, 2.24) is 0 Å². The molecule has 0 spiro atoms. The van der Waals surface area contributed by atoms with Gasteiger partial charge in [0.2, 0.25) is 0 Å². The zero-order chi connectivity index (χ0) is 33.1. The van der Waals surface area contributed by atoms with Crippen molar-refractivity contribution in [3.63, 3.8) is 0 Å². The van der Waals surface area contributed by atoms with Gasteiger partial charge in [-0.25, -0.2) is 34.4 Å². The second-order valence-corrected chi connectivity index (χ2v) is 15.7. The molecule has 4 aliphatic carbocycles. The van der Waals surface area contributed by atoms with Crippen LogP contribution in [0.2, 0.25) is 0 Å². The van der Waals surface area contributed by atoms with E-state index in [1.807, 2.05) is 0 Å². The summed E-state index contributed by atoms with van der Waals surface area (Å²) in [6, 6.07) is 0. The summed E-state index contributed by atoms with van der Waals surface area (Å²) in [5.74, 6) is -22.4. The third kappa shape index (κ3) is 4.76. The maximum Gasteiger partial charge on any atom is 0.413 e. The molecule has 246 valence electrons. The summed E-state index contributed by atoms with van der Waals surface area (Å²) >= 11 is 0. The van der Waals surface area contributed by atoms with E-state index >= 15 is 4.39 Å². The molecule has 0 heterocycles. The normalized spacial score (nSPS) is 28.4. The SMILES string of the molecule is O=S(=O)(CC(C(F)(F)F)(C(F)(F)F)C(F)(F)F)[C-](c1c(F)c(F)c(F)c(F)c1F)S(=O)(=O)C12CC3CC(CC(F)(C3)C1)C2. The van der Waals surface area contributed by atoms with Gasteiger partial charge in [0.1, 0.15) is 37.0 Å². The average molecular weight is 693 g/mol. The minimum absolute atomic E-state index is 0.0763. The van der Waals surface area contributed by atoms with Crippen molar-refractivity contribution < 1.29 is 82.7 Å². The summed E-state index contributed by atoms with van der Waals surface area (Å²) < 4.78 is 258. The van der Waals surface area contributed by atoms with Crippen molar-refractivity contribution in [2.24, 2.45) is 17.3 Å². The van der Waals surface area contributed by atoms with Crippen LogP contribution in [0.5, 0.6) is 0 Å². The highest BCUT2D eigenvalue weighted by Gasteiger charge is 2.85. The van der Waals surface area contributed by atoms with Crippen molar-refractivity contribution in [2.45, 2.75) is 67.5 Å². The van der Waals surface area contributed by atoms with Crippen molar-refractivity contribution in [3.8, 4) is 0 Å². The Labute approximate surface area is 232 Å². The highest BCUT2D eigenvalue weighted by Crippen LogP contribution is 2.65. The molecule has 1 aromatic rings. The molecule has 2 unspecified atom stereocenters. The van der Waals surface area contributed by atoms with Crippen LogP contribution < -0.4 is 0 Å². The first-order valence-electron chi connectivity index (χ1n) is 11.8. The van der Waals surface area contributed by atoms with Gasteiger partial charge < -0.3 is 0 Å². The van der Waals surface area contributed by atoms with Gasteiger partial charge in [-0.2, -0.15) is 39.5 Å². The van der Waals surface area contributed by atoms with Crippen LogP contribution in [0.3, 0.4) is 0 Å². The standard InChI is InChI=1S/C22H16F15O4S2/c23-11-10(12(24)14(26)15(27)13(11)25)16(42(38,39)7-19(20(29,30)31,21(32,33)34)22(35,36)37)43(40,41)18-4-8-1-9(5-18)3-17(28,2-8)6-18/h8-9H,1-7H2/q-1. The van der Waals surface area contributed by atoms with Crippen LogP contribution in [0.15, 0.2) is 0 Å². The van der Waals surface area contributed by atoms with Gasteiger partial charge >= 0.3 is 18.5 Å². The van der Waals surface area contributed by atoms with Crippen molar-refractivity contribution in [1.29, 1.82) is 0 Å². The zero-order valence-corrected chi connectivity index (χ0v) is 22.4. The molecule has 4 nitrogen and oxygen atoms in total. The van der Waals surface area contributed by atoms with Crippen molar-refractivity contribution >= 4 is 19.7 Å². The van der Waals surface area contributed by atoms with Crippen LogP contribution in [-0.4, -0.2) is 51.5 Å². The Bertz CT molecular complexity index is 1460. The zero-order valence-electron chi connectivity index (χ0n) is 20.7. The number of sulfone groups is 2. The van der Waals surface area contributed by atoms with Gasteiger partial charge in [0.05, 0.1) is 26.7 Å². The van der Waals surface area contributed by atoms with E-state index in [1.165, 1.54) is 0 Å². The summed E-state index contributed by atoms with van der Waals surface area (Å²) in [5, 5.41) is 0. The molecule has 2 atom stereocenters. The van der Waals surface area contributed by atoms with E-state index < -0.39 is 130 Å². The van der Waals surface area contributed by atoms with Crippen LogP contribution in [-0.2, 0) is 19.7 Å². The predicted octanol–water partition coefficient (Wildman–Crippen LogP) is 6.78. The van der Waals surface area contributed by atoms with E-state index in [2.05, 4.69) is 0 Å². The fraction of sp³-hybridized carbons (Fsp3) is 0.682. The molecule has 4 saturated carbocycles. The van der Waals surface area contributed by atoms with Crippen molar-refractivity contribution in [2.75, 3.05) is 5.75 Å². The van der Waals surface area contributed by atoms with Crippen LogP contribution in [0, 0.1) is 50.9 Å². The van der Waals surface area contributed by atoms with Crippen LogP contribution in [0.25, 0.3) is 0 Å². The van der Waals surface area contributed by atoms with E-state index in [0.717, 1.165) is 0 Å². The maximum absolute atomic E-state index is 15.5. The number of alkyl halides is 10. The molecule has 0 aliphatic heterocycles. The predicted molar refractivity (Wildman–Crippen MR) is 113 cm³/mol. The Morgan fingerprint density at radius 1 is 0.651 bits per heavy atom. The first-order chi connectivity index (χ1) is 19.1. The Balaban J connectivity index is 2.08. The van der Waals surface area contributed by atoms with Gasteiger partial charge in [0.15, 0.2) is 5.82 Å². The summed E-state index contributed by atoms with van der Waals surface area (Å²) in [7, 11) is -14.1. The lowest BCUT2D eigenvalue weighted by Crippen LogP contribution is -2.64. The first kappa shape index (κ1) is 33.8. The Morgan fingerprint density at radius 2 is 1.02 bits per heavy atom. The summed E-state index contributed by atoms with van der Waals surface area (Å²) in [4.78, 5) is 0. The molecular weight excluding hydrogens is 677 g/mol. The van der Waals surface area contributed by atoms with Crippen LogP contribution in [0.1, 0.15) is 44.1 Å². The molecule has 4 fully saturated rings. The summed E-state index contributed by atoms with van der Waals surface area (Å²) in [6.45, 7) is 0. The van der Waals surface area contributed by atoms with Gasteiger partial charge in [-0.15, -0.1) is 0 Å². The quantitative estimate of drug-likeness (QED) is 0.143. The lowest BCUT2D eigenvalue weighted by molar-refractivity contribution is -0.418. The third-order valence-electron chi connectivity index (χ3n) is 8.30. The monoisotopic (exact) mass is 693 g/mol. The molecule has 4 bridgehead atoms. The maximum atomic E-state index is 15.5. The third-order valence-corrected chi connectivity index (χ3v) is 13.6. The molecule has 1 aromatic carbocycles. The van der Waals surface area contributed by atoms with E-state index in [0.29, 0.717) is 0 Å². The Kier molecular flexibility index (Phi) is 7.45. The van der Waals surface area contributed by atoms with E-state index in [4.69, 9.17) is 0 Å². The molecule has 0 radical (unpaired) electrons. The smallest absolute Gasteiger partial charge is 0.280 e. The largest absolute Gasteiger partial charge is 0.413 e. The number of hydrogen-bond donors (Lipinski definition) is 0. The topological polar surface area (TPSA) is 68.3 Å².